The molecule has 2 heterocycles. The highest BCUT2D eigenvalue weighted by Gasteiger charge is 2.15. The number of carbonyl (C=O) groups is 2. The molecule has 7 nitrogen and oxygen atoms in total. The maximum atomic E-state index is 11.9. The van der Waals surface area contributed by atoms with E-state index in [0.717, 1.165) is 11.3 Å². The number of carbonyl (C=O) groups excluding carboxylic acids is 1. The van der Waals surface area contributed by atoms with Crippen LogP contribution in [0.2, 0.25) is 0 Å². The van der Waals surface area contributed by atoms with Crippen LogP contribution in [0.4, 0.5) is 15.5 Å². The molecule has 0 atom stereocenters. The summed E-state index contributed by atoms with van der Waals surface area (Å²) in [6.45, 7) is 2.23. The number of carboxylic acids is 1. The molecule has 0 saturated carbocycles. The highest BCUT2D eigenvalue weighted by molar-refractivity contribution is 7.14. The van der Waals surface area contributed by atoms with Crippen molar-refractivity contribution in [2.75, 3.05) is 17.2 Å². The predicted molar refractivity (Wildman–Crippen MR) is 79.3 cm³/mol. The number of aromatic nitrogens is 1. The third kappa shape index (κ3) is 3.69. The normalized spacial score (nSPS) is 9.95. The molecule has 110 valence electrons. The van der Waals surface area contributed by atoms with Crippen LogP contribution in [0, 0.1) is 0 Å². The number of hydrogen-bond acceptors (Lipinski definition) is 5. The molecule has 3 N–H and O–H groups in total. The summed E-state index contributed by atoms with van der Waals surface area (Å²) in [5.74, 6) is -0.789. The SMILES string of the molecule is CCOc1ncccc1NC(=O)Nc1sccc1C(=O)O. The molecule has 2 aromatic heterocycles. The zero-order valence-corrected chi connectivity index (χ0v) is 11.9. The number of aromatic carboxylic acids is 1. The Bertz CT molecular complexity index is 656. The van der Waals surface area contributed by atoms with E-state index in [4.69, 9.17) is 9.84 Å². The zero-order valence-electron chi connectivity index (χ0n) is 11.1. The Labute approximate surface area is 124 Å². The number of hydrogen-bond donors (Lipinski definition) is 3. The molecule has 21 heavy (non-hydrogen) atoms. The Morgan fingerprint density at radius 2 is 2.19 bits per heavy atom. The number of rotatable bonds is 5. The number of pyridine rings is 1. The first-order valence-electron chi connectivity index (χ1n) is 6.08. The first-order chi connectivity index (χ1) is 10.1. The van der Waals surface area contributed by atoms with Gasteiger partial charge in [-0.2, -0.15) is 0 Å². The molecule has 0 saturated heterocycles. The van der Waals surface area contributed by atoms with Gasteiger partial charge in [-0.3, -0.25) is 5.32 Å². The third-order valence-corrected chi connectivity index (χ3v) is 3.25. The second-order valence-electron chi connectivity index (χ2n) is 3.84. The van der Waals surface area contributed by atoms with Gasteiger partial charge in [0, 0.05) is 6.20 Å². The Morgan fingerprint density at radius 3 is 2.90 bits per heavy atom. The Kier molecular flexibility index (Phi) is 4.72. The molecule has 8 heteroatoms. The highest BCUT2D eigenvalue weighted by Crippen LogP contribution is 2.24. The molecule has 0 aliphatic carbocycles. The fourth-order valence-electron chi connectivity index (χ4n) is 1.57. The summed E-state index contributed by atoms with van der Waals surface area (Å²) in [5, 5.41) is 15.9. The van der Waals surface area contributed by atoms with Crippen LogP contribution in [0.25, 0.3) is 0 Å². The zero-order chi connectivity index (χ0) is 15.2. The van der Waals surface area contributed by atoms with Crippen LogP contribution in [-0.2, 0) is 0 Å². The maximum absolute atomic E-state index is 11.9. The lowest BCUT2D eigenvalue weighted by molar-refractivity contribution is 0.0698. The van der Waals surface area contributed by atoms with E-state index in [2.05, 4.69) is 15.6 Å². The van der Waals surface area contributed by atoms with E-state index in [9.17, 15) is 9.59 Å². The quantitative estimate of drug-likeness (QED) is 0.788. The maximum Gasteiger partial charge on any atom is 0.338 e. The van der Waals surface area contributed by atoms with Gasteiger partial charge in [0.15, 0.2) is 0 Å². The smallest absolute Gasteiger partial charge is 0.338 e. The van der Waals surface area contributed by atoms with E-state index in [1.54, 1.807) is 23.7 Å². The van der Waals surface area contributed by atoms with Crippen LogP contribution in [0.1, 0.15) is 17.3 Å². The van der Waals surface area contributed by atoms with E-state index in [1.165, 1.54) is 6.07 Å². The van der Waals surface area contributed by atoms with Crippen molar-refractivity contribution in [3.63, 3.8) is 0 Å². The molecule has 0 unspecified atom stereocenters. The van der Waals surface area contributed by atoms with Gasteiger partial charge >= 0.3 is 12.0 Å². The fourth-order valence-corrected chi connectivity index (χ4v) is 2.34. The van der Waals surface area contributed by atoms with Gasteiger partial charge in [-0.1, -0.05) is 0 Å². The molecule has 0 aromatic carbocycles. The predicted octanol–water partition coefficient (Wildman–Crippen LogP) is 2.88. The van der Waals surface area contributed by atoms with Crippen molar-refractivity contribution in [1.82, 2.24) is 4.98 Å². The number of anilines is 2. The lowest BCUT2D eigenvalue weighted by atomic mass is 10.3. The van der Waals surface area contributed by atoms with Gasteiger partial charge in [-0.25, -0.2) is 14.6 Å². The topological polar surface area (TPSA) is 101 Å². The van der Waals surface area contributed by atoms with Gasteiger partial charge in [0.2, 0.25) is 5.88 Å². The Morgan fingerprint density at radius 1 is 1.38 bits per heavy atom. The van der Waals surface area contributed by atoms with Crippen molar-refractivity contribution in [3.05, 3.63) is 35.3 Å². The van der Waals surface area contributed by atoms with Crippen molar-refractivity contribution in [2.45, 2.75) is 6.92 Å². The van der Waals surface area contributed by atoms with Gasteiger partial charge in [0.1, 0.15) is 10.7 Å². The van der Waals surface area contributed by atoms with Crippen LogP contribution in [0.15, 0.2) is 29.8 Å². The van der Waals surface area contributed by atoms with Crippen LogP contribution in [0.3, 0.4) is 0 Å². The van der Waals surface area contributed by atoms with E-state index in [1.807, 2.05) is 6.92 Å². The monoisotopic (exact) mass is 307 g/mol. The minimum Gasteiger partial charge on any atom is -0.478 e. The lowest BCUT2D eigenvalue weighted by Gasteiger charge is -2.10. The largest absolute Gasteiger partial charge is 0.478 e. The fraction of sp³-hybridized carbons (Fsp3) is 0.154. The van der Waals surface area contributed by atoms with E-state index >= 15 is 0 Å². The molecule has 2 amide bonds. The molecule has 0 aliphatic heterocycles. The highest BCUT2D eigenvalue weighted by atomic mass is 32.1. The van der Waals surface area contributed by atoms with Crippen molar-refractivity contribution in [1.29, 1.82) is 0 Å². The van der Waals surface area contributed by atoms with Gasteiger partial charge in [-0.05, 0) is 30.5 Å². The summed E-state index contributed by atoms with van der Waals surface area (Å²) in [6, 6.07) is 4.17. The standard InChI is InChI=1S/C13H13N3O4S/c1-2-20-10-9(4-3-6-14-10)15-13(19)16-11-8(12(17)18)5-7-21-11/h3-7H,2H2,1H3,(H,17,18)(H2,15,16,19). The van der Waals surface area contributed by atoms with E-state index in [0.29, 0.717) is 18.2 Å². The molecule has 0 radical (unpaired) electrons. The van der Waals surface area contributed by atoms with Gasteiger partial charge in [0.05, 0.1) is 12.2 Å². The Hall–Kier alpha value is -2.61. The molecular formula is C13H13N3O4S. The van der Waals surface area contributed by atoms with Crippen molar-refractivity contribution in [2.24, 2.45) is 0 Å². The molecule has 0 spiro atoms. The molecule has 0 bridgehead atoms. The second-order valence-corrected chi connectivity index (χ2v) is 4.75. The van der Waals surface area contributed by atoms with Crippen molar-refractivity contribution >= 4 is 34.0 Å². The summed E-state index contributed by atoms with van der Waals surface area (Å²) >= 11 is 1.13. The van der Waals surface area contributed by atoms with Crippen LogP contribution in [-0.4, -0.2) is 28.7 Å². The first-order valence-corrected chi connectivity index (χ1v) is 6.96. The summed E-state index contributed by atoms with van der Waals surface area (Å²) in [6.07, 6.45) is 1.55. The number of nitrogens with zero attached hydrogens (tertiary/aromatic N) is 1. The van der Waals surface area contributed by atoms with Crippen molar-refractivity contribution < 1.29 is 19.4 Å². The van der Waals surface area contributed by atoms with E-state index in [-0.39, 0.29) is 10.6 Å². The molecule has 2 aromatic rings. The molecule has 0 fully saturated rings. The first kappa shape index (κ1) is 14.8. The number of amides is 2. The number of nitrogens with one attached hydrogen (secondary N) is 2. The number of ether oxygens (including phenoxy) is 1. The number of urea groups is 1. The molecule has 2 rings (SSSR count). The average molecular weight is 307 g/mol. The third-order valence-electron chi connectivity index (χ3n) is 2.42. The summed E-state index contributed by atoms with van der Waals surface area (Å²) in [5.41, 5.74) is 0.455. The summed E-state index contributed by atoms with van der Waals surface area (Å²) < 4.78 is 5.29. The van der Waals surface area contributed by atoms with Crippen LogP contribution >= 0.6 is 11.3 Å². The minimum absolute atomic E-state index is 0.0476. The summed E-state index contributed by atoms with van der Waals surface area (Å²) in [7, 11) is 0. The Balaban J connectivity index is 2.08. The van der Waals surface area contributed by atoms with Gasteiger partial charge in [0.25, 0.3) is 0 Å². The van der Waals surface area contributed by atoms with Crippen LogP contribution in [0.5, 0.6) is 5.88 Å². The number of thiophene rings is 1. The second kappa shape index (κ2) is 6.71. The van der Waals surface area contributed by atoms with Gasteiger partial charge < -0.3 is 15.2 Å². The lowest BCUT2D eigenvalue weighted by Crippen LogP contribution is -2.20. The molecular weight excluding hydrogens is 294 g/mol. The summed E-state index contributed by atoms with van der Waals surface area (Å²) in [4.78, 5) is 26.9. The van der Waals surface area contributed by atoms with E-state index < -0.39 is 12.0 Å². The number of carboxylic acid groups (broad SMARTS) is 1. The minimum atomic E-state index is -1.09. The van der Waals surface area contributed by atoms with Gasteiger partial charge in [-0.15, -0.1) is 11.3 Å². The average Bonchev–Trinajstić information content (AvgIpc) is 2.89. The van der Waals surface area contributed by atoms with Crippen LogP contribution < -0.4 is 15.4 Å². The van der Waals surface area contributed by atoms with Crippen molar-refractivity contribution in [3.8, 4) is 5.88 Å². The molecule has 0 aliphatic rings.